The maximum atomic E-state index is 13.1. The minimum atomic E-state index is -1.92. The van der Waals surface area contributed by atoms with Crippen LogP contribution >= 0.6 is 46.7 Å². The zero-order chi connectivity index (χ0) is 27.7. The topological polar surface area (TPSA) is 189 Å². The summed E-state index contributed by atoms with van der Waals surface area (Å²) in [4.78, 5) is 60.8. The summed E-state index contributed by atoms with van der Waals surface area (Å²) in [6, 6.07) is 4.30. The lowest BCUT2D eigenvalue weighted by Crippen LogP contribution is -2.81. The molecule has 4 amide bonds. The molecule has 37 heavy (non-hydrogen) atoms. The number of hydrogen-bond acceptors (Lipinski definition) is 10. The molecule has 13 nitrogen and oxygen atoms in total. The molecule has 3 atom stereocenters. The van der Waals surface area contributed by atoms with Crippen molar-refractivity contribution in [3.05, 3.63) is 41.1 Å². The number of carbonyl (C=O) groups is 5. The van der Waals surface area contributed by atoms with Gasteiger partial charge >= 0.3 is 12.1 Å². The van der Waals surface area contributed by atoms with Crippen molar-refractivity contribution in [1.82, 2.24) is 14.6 Å². The number of thioether (sulfide) groups is 1. The van der Waals surface area contributed by atoms with Gasteiger partial charge in [0.2, 0.25) is 5.91 Å². The number of carboxylic acid groups (broad SMARTS) is 1. The number of rotatable bonds is 8. The van der Waals surface area contributed by atoms with Gasteiger partial charge in [0.05, 0.1) is 0 Å². The summed E-state index contributed by atoms with van der Waals surface area (Å²) < 4.78 is 10.2. The van der Waals surface area contributed by atoms with Crippen molar-refractivity contribution in [2.75, 3.05) is 19.5 Å². The number of alkyl halides is 2. The number of nitrogens with two attached hydrogens (primary N) is 1. The lowest BCUT2D eigenvalue weighted by Gasteiger charge is -2.55. The minimum Gasteiger partial charge on any atom is -0.508 e. The molecule has 1 unspecified atom stereocenters. The Hall–Kier alpha value is -2.75. The van der Waals surface area contributed by atoms with Crippen LogP contribution in [0.2, 0.25) is 0 Å². The predicted molar refractivity (Wildman–Crippen MR) is 130 cm³/mol. The van der Waals surface area contributed by atoms with Crippen molar-refractivity contribution in [2.45, 2.75) is 22.0 Å². The second-order valence-corrected chi connectivity index (χ2v) is 10.1. The van der Waals surface area contributed by atoms with E-state index in [0.717, 1.165) is 23.8 Å². The smallest absolute Gasteiger partial charge is 0.432 e. The second kappa shape index (κ2) is 11.3. The number of carbonyl (C=O) groups excluding carboxylic acids is 4. The second-order valence-electron chi connectivity index (χ2n) is 7.57. The summed E-state index contributed by atoms with van der Waals surface area (Å²) in [5.74, 6) is -4.47. The quantitative estimate of drug-likeness (QED) is 0.145. The van der Waals surface area contributed by atoms with Gasteiger partial charge in [-0.3, -0.25) is 19.3 Å². The maximum Gasteiger partial charge on any atom is 0.432 e. The summed E-state index contributed by atoms with van der Waals surface area (Å²) in [7, 11) is 1.16. The van der Waals surface area contributed by atoms with E-state index in [2.05, 4.69) is 5.32 Å². The van der Waals surface area contributed by atoms with Gasteiger partial charge in [0.15, 0.2) is 4.84 Å². The minimum absolute atomic E-state index is 0.00202. The average molecular weight is 598 g/mol. The highest BCUT2D eigenvalue weighted by atomic mass is 35.5. The van der Waals surface area contributed by atoms with Crippen molar-refractivity contribution < 1.29 is 43.7 Å². The molecule has 0 aromatic heterocycles. The molecule has 2 aliphatic heterocycles. The van der Waals surface area contributed by atoms with Gasteiger partial charge in [0.1, 0.15) is 29.5 Å². The first-order valence-corrected chi connectivity index (χ1v) is 12.4. The molecule has 1 saturated heterocycles. The Kier molecular flexibility index (Phi) is 8.82. The average Bonchev–Trinajstić information content (AvgIpc) is 2.88. The Morgan fingerprint density at radius 1 is 1.30 bits per heavy atom. The van der Waals surface area contributed by atoms with E-state index >= 15 is 0 Å². The highest BCUT2D eigenvalue weighted by Gasteiger charge is 2.66. The van der Waals surface area contributed by atoms with Crippen LogP contribution in [0.25, 0.3) is 0 Å². The molecular formula is C20H19Cl3N4O9S. The largest absolute Gasteiger partial charge is 0.508 e. The van der Waals surface area contributed by atoms with Gasteiger partial charge < -0.3 is 30.7 Å². The Labute approximate surface area is 228 Å². The molecule has 5 N–H and O–H groups in total. The predicted octanol–water partition coefficient (Wildman–Crippen LogP) is 1.03. The van der Waals surface area contributed by atoms with Crippen LogP contribution in [-0.4, -0.2) is 84.7 Å². The van der Waals surface area contributed by atoms with Crippen LogP contribution in [0.4, 0.5) is 4.79 Å². The van der Waals surface area contributed by atoms with Gasteiger partial charge in [0.25, 0.3) is 17.5 Å². The molecule has 1 aromatic carbocycles. The number of nitrogens with one attached hydrogen (secondary N) is 1. The van der Waals surface area contributed by atoms with Crippen LogP contribution in [0.5, 0.6) is 5.75 Å². The lowest BCUT2D eigenvalue weighted by atomic mass is 9.97. The number of carboxylic acids is 1. The number of hydrogen-bond donors (Lipinski definition) is 4. The Morgan fingerprint density at radius 2 is 1.92 bits per heavy atom. The number of nitrogens with zero attached hydrogens (tertiary/aromatic N) is 2. The van der Waals surface area contributed by atoms with Crippen molar-refractivity contribution in [3.8, 4) is 5.75 Å². The van der Waals surface area contributed by atoms with E-state index in [1.54, 1.807) is 0 Å². The normalized spacial score (nSPS) is 21.6. The number of β-lactam (4-membered cyclic amide) rings is 1. The molecule has 0 bridgehead atoms. The fourth-order valence-electron chi connectivity index (χ4n) is 3.53. The number of ether oxygens (including phenoxy) is 2. The third kappa shape index (κ3) is 5.44. The van der Waals surface area contributed by atoms with E-state index in [1.807, 2.05) is 0 Å². The lowest BCUT2D eigenvalue weighted by molar-refractivity contribution is -0.192. The van der Waals surface area contributed by atoms with Crippen LogP contribution in [-0.2, 0) is 28.7 Å². The zero-order valence-corrected chi connectivity index (χ0v) is 21.8. The fraction of sp³-hybridized carbons (Fsp3) is 0.350. The number of benzene rings is 1. The number of amides is 4. The number of halogens is 3. The molecule has 1 aromatic rings. The number of methoxy groups -OCH3 is 1. The number of aromatic hydroxyl groups is 1. The van der Waals surface area contributed by atoms with E-state index in [4.69, 9.17) is 50.2 Å². The Balaban J connectivity index is 1.78. The van der Waals surface area contributed by atoms with Gasteiger partial charge in [-0.25, -0.2) is 9.59 Å². The van der Waals surface area contributed by atoms with Crippen molar-refractivity contribution in [3.63, 3.8) is 0 Å². The van der Waals surface area contributed by atoms with Gasteiger partial charge in [-0.15, -0.1) is 11.8 Å². The number of phenolic OH excluding ortho intramolecular Hbond substituents is 1. The molecule has 17 heteroatoms. The fourth-order valence-corrected chi connectivity index (χ4v) is 5.39. The highest BCUT2D eigenvalue weighted by molar-refractivity contribution is 8.00. The van der Waals surface area contributed by atoms with Crippen LogP contribution in [0.3, 0.4) is 0 Å². The first kappa shape index (κ1) is 28.8. The number of imide groups is 1. The molecule has 2 aliphatic rings. The summed E-state index contributed by atoms with van der Waals surface area (Å²) in [5.41, 5.74) is 3.93. The maximum absolute atomic E-state index is 13.1. The third-order valence-corrected chi connectivity index (χ3v) is 7.44. The van der Waals surface area contributed by atoms with Crippen LogP contribution < -0.4 is 11.1 Å². The molecule has 1 fully saturated rings. The molecule has 200 valence electrons. The van der Waals surface area contributed by atoms with Crippen molar-refractivity contribution in [2.24, 2.45) is 5.73 Å². The number of aliphatic carboxylic acids is 1. The molecular weight excluding hydrogens is 579 g/mol. The number of phenols is 1. The standard InChI is InChI=1S/C20H19Cl3N4O9S/c1-35-20(25-14(29)11(24)8-2-4-10(28)5-3-8)17(33)26-12(16(31)32)9(7-37-18(20)26)6-36-19(34)27(23)15(30)13(21)22/h2-5,11,13,18,28H,6-7,24H2,1H3,(H,25,29)(H,31,32)/t11?,18-,20-/m0/s1. The molecule has 2 heterocycles. The van der Waals surface area contributed by atoms with Gasteiger partial charge in [0, 0.05) is 30.2 Å². The van der Waals surface area contributed by atoms with Gasteiger partial charge in [-0.1, -0.05) is 35.3 Å². The summed E-state index contributed by atoms with van der Waals surface area (Å²) >= 11 is 17.3. The highest BCUT2D eigenvalue weighted by Crippen LogP contribution is 2.46. The van der Waals surface area contributed by atoms with Crippen molar-refractivity contribution >= 4 is 76.5 Å². The first-order chi connectivity index (χ1) is 17.3. The van der Waals surface area contributed by atoms with Crippen LogP contribution in [0, 0.1) is 0 Å². The Morgan fingerprint density at radius 3 is 2.46 bits per heavy atom. The van der Waals surface area contributed by atoms with E-state index in [1.165, 1.54) is 24.3 Å². The van der Waals surface area contributed by atoms with E-state index in [0.29, 0.717) is 5.56 Å². The molecule has 0 spiro atoms. The first-order valence-electron chi connectivity index (χ1n) is 10.1. The Bertz CT molecular complexity index is 1170. The van der Waals surface area contributed by atoms with E-state index < -0.39 is 64.1 Å². The SMILES string of the molecule is CO[C@@]1(NC(=O)C(N)c2ccc(O)cc2)C(=O)N2C(C(=O)O)=C(COC(=O)N(Cl)C(=O)C(Cl)Cl)CS[C@H]21. The van der Waals surface area contributed by atoms with Crippen LogP contribution in [0.1, 0.15) is 11.6 Å². The molecule has 0 aliphatic carbocycles. The monoisotopic (exact) mass is 596 g/mol. The molecule has 0 saturated carbocycles. The molecule has 0 radical (unpaired) electrons. The van der Waals surface area contributed by atoms with Crippen molar-refractivity contribution in [1.29, 1.82) is 0 Å². The van der Waals surface area contributed by atoms with Gasteiger partial charge in [-0.05, 0) is 17.7 Å². The van der Waals surface area contributed by atoms with Gasteiger partial charge in [-0.2, -0.15) is 4.42 Å². The summed E-state index contributed by atoms with van der Waals surface area (Å²) in [6.07, 6.45) is -1.36. The van der Waals surface area contributed by atoms with E-state index in [-0.39, 0.29) is 21.5 Å². The summed E-state index contributed by atoms with van der Waals surface area (Å²) in [5, 5.41) is 20.7. The zero-order valence-electron chi connectivity index (χ0n) is 18.7. The number of fused-ring (bicyclic) bond motifs is 1. The summed E-state index contributed by atoms with van der Waals surface area (Å²) in [6.45, 7) is -0.631. The molecule has 3 rings (SSSR count). The van der Waals surface area contributed by atoms with Crippen LogP contribution in [0.15, 0.2) is 35.5 Å². The third-order valence-electron chi connectivity index (χ3n) is 5.39. The van der Waals surface area contributed by atoms with E-state index in [9.17, 15) is 34.2 Å².